The van der Waals surface area contributed by atoms with E-state index >= 15 is 0 Å². The maximum atomic E-state index is 3.36. The Labute approximate surface area is 68.0 Å². The number of nitrogens with zero attached hydrogens (tertiary/aromatic N) is 1. The van der Waals surface area contributed by atoms with Gasteiger partial charge in [0.15, 0.2) is 0 Å². The van der Waals surface area contributed by atoms with Crippen LogP contribution in [0.25, 0.3) is 0 Å². The number of piperidine rings is 1. The van der Waals surface area contributed by atoms with Crippen LogP contribution >= 0.6 is 0 Å². The van der Waals surface area contributed by atoms with Crippen molar-refractivity contribution >= 4 is 0 Å². The molecule has 2 aliphatic heterocycles. The van der Waals surface area contributed by atoms with Crippen LogP contribution in [0.1, 0.15) is 19.3 Å². The highest BCUT2D eigenvalue weighted by atomic mass is 15.3. The molecular weight excluding hydrogens is 136 g/mol. The van der Waals surface area contributed by atoms with E-state index in [4.69, 9.17) is 0 Å². The monoisotopic (exact) mass is 152 g/mol. The summed E-state index contributed by atoms with van der Waals surface area (Å²) in [6.07, 6.45) is 4.51. The molecule has 2 heterocycles. The molecule has 1 aliphatic carbocycles. The van der Waals surface area contributed by atoms with Crippen molar-refractivity contribution in [2.45, 2.75) is 31.3 Å². The van der Waals surface area contributed by atoms with Gasteiger partial charge in [-0.2, -0.15) is 0 Å². The molecule has 0 aromatic carbocycles. The van der Waals surface area contributed by atoms with Gasteiger partial charge in [0.2, 0.25) is 0 Å². The summed E-state index contributed by atoms with van der Waals surface area (Å²) in [5.41, 5.74) is 0. The van der Waals surface area contributed by atoms with Gasteiger partial charge in [-0.1, -0.05) is 0 Å². The summed E-state index contributed by atoms with van der Waals surface area (Å²) < 4.78 is 0. The van der Waals surface area contributed by atoms with Crippen LogP contribution in [0.3, 0.4) is 0 Å². The molecule has 2 nitrogen and oxygen atoms in total. The Hall–Kier alpha value is -0.0800. The highest BCUT2D eigenvalue weighted by molar-refractivity contribution is 4.98. The van der Waals surface area contributed by atoms with E-state index in [0.29, 0.717) is 0 Å². The average Bonchev–Trinajstić information content (AvgIpc) is 2.42. The highest BCUT2D eigenvalue weighted by Crippen LogP contribution is 2.38. The molecule has 2 bridgehead atoms. The van der Waals surface area contributed by atoms with Crippen molar-refractivity contribution in [2.24, 2.45) is 5.92 Å². The van der Waals surface area contributed by atoms with Gasteiger partial charge in [-0.25, -0.2) is 0 Å². The summed E-state index contributed by atoms with van der Waals surface area (Å²) in [6, 6.07) is 1.89. The number of rotatable bonds is 1. The molecule has 3 fully saturated rings. The molecule has 0 radical (unpaired) electrons. The lowest BCUT2D eigenvalue weighted by Crippen LogP contribution is -2.59. The summed E-state index contributed by atoms with van der Waals surface area (Å²) >= 11 is 0. The lowest BCUT2D eigenvalue weighted by Gasteiger charge is -2.40. The zero-order valence-electron chi connectivity index (χ0n) is 6.92. The second kappa shape index (κ2) is 2.20. The van der Waals surface area contributed by atoms with Gasteiger partial charge in [-0.3, -0.25) is 4.90 Å². The smallest absolute Gasteiger partial charge is 0.0348 e. The van der Waals surface area contributed by atoms with Gasteiger partial charge in [0.25, 0.3) is 0 Å². The fourth-order valence-corrected chi connectivity index (χ4v) is 2.92. The van der Waals surface area contributed by atoms with Gasteiger partial charge in [0.05, 0.1) is 0 Å². The maximum absolute atomic E-state index is 3.36. The van der Waals surface area contributed by atoms with Crippen molar-refractivity contribution < 1.29 is 0 Å². The lowest BCUT2D eigenvalue weighted by atomic mass is 10.1. The van der Waals surface area contributed by atoms with Crippen LogP contribution in [0.2, 0.25) is 0 Å². The van der Waals surface area contributed by atoms with E-state index in [9.17, 15) is 0 Å². The number of hydrogen-bond acceptors (Lipinski definition) is 2. The minimum Gasteiger partial charge on any atom is -0.314 e. The van der Waals surface area contributed by atoms with Crippen LogP contribution in [0.15, 0.2) is 0 Å². The van der Waals surface area contributed by atoms with E-state index in [1.165, 1.54) is 38.9 Å². The second-order valence-electron chi connectivity index (χ2n) is 4.34. The van der Waals surface area contributed by atoms with E-state index in [1.807, 2.05) is 0 Å². The van der Waals surface area contributed by atoms with Gasteiger partial charge in [0, 0.05) is 31.7 Å². The molecule has 0 aromatic heterocycles. The van der Waals surface area contributed by atoms with Gasteiger partial charge in [-0.05, 0) is 25.2 Å². The Morgan fingerprint density at radius 1 is 1.09 bits per heavy atom. The largest absolute Gasteiger partial charge is 0.314 e. The first-order valence-electron chi connectivity index (χ1n) is 4.90. The Balaban J connectivity index is 1.70. The van der Waals surface area contributed by atoms with E-state index in [-0.39, 0.29) is 0 Å². The number of hydrogen-bond donors (Lipinski definition) is 1. The summed E-state index contributed by atoms with van der Waals surface area (Å²) in [5, 5.41) is 3.36. The van der Waals surface area contributed by atoms with Crippen LogP contribution < -0.4 is 5.32 Å². The Morgan fingerprint density at radius 3 is 2.45 bits per heavy atom. The molecule has 2 unspecified atom stereocenters. The number of likely N-dealkylation sites (tertiary alicyclic amines) is 1. The highest BCUT2D eigenvalue weighted by Gasteiger charge is 2.42. The third-order valence-corrected chi connectivity index (χ3v) is 3.68. The first kappa shape index (κ1) is 6.44. The van der Waals surface area contributed by atoms with Gasteiger partial charge in [0.1, 0.15) is 0 Å². The van der Waals surface area contributed by atoms with Crippen molar-refractivity contribution in [3.05, 3.63) is 0 Å². The molecule has 0 spiro atoms. The predicted molar refractivity (Wildman–Crippen MR) is 44.5 cm³/mol. The van der Waals surface area contributed by atoms with Crippen LogP contribution in [0.5, 0.6) is 0 Å². The van der Waals surface area contributed by atoms with Crippen molar-refractivity contribution in [2.75, 3.05) is 19.6 Å². The molecule has 0 amide bonds. The molecule has 62 valence electrons. The fraction of sp³-hybridized carbons (Fsp3) is 1.00. The first-order valence-corrected chi connectivity index (χ1v) is 4.90. The maximum Gasteiger partial charge on any atom is 0.0348 e. The molecule has 3 aliphatic rings. The number of fused-ring (bicyclic) bond motifs is 2. The summed E-state index contributed by atoms with van der Waals surface area (Å²) in [5.74, 6) is 1.07. The zero-order chi connectivity index (χ0) is 7.26. The third kappa shape index (κ3) is 0.859. The molecule has 2 heteroatoms. The van der Waals surface area contributed by atoms with Gasteiger partial charge in [-0.15, -0.1) is 0 Å². The molecule has 2 atom stereocenters. The van der Waals surface area contributed by atoms with Crippen molar-refractivity contribution in [1.82, 2.24) is 10.2 Å². The summed E-state index contributed by atoms with van der Waals surface area (Å²) in [7, 11) is 0. The molecule has 1 N–H and O–H groups in total. The van der Waals surface area contributed by atoms with Crippen molar-refractivity contribution in [3.8, 4) is 0 Å². The number of nitrogens with one attached hydrogen (secondary N) is 1. The van der Waals surface area contributed by atoms with Crippen LogP contribution in [0.4, 0.5) is 0 Å². The van der Waals surface area contributed by atoms with E-state index in [2.05, 4.69) is 10.2 Å². The minimum atomic E-state index is 0.908. The minimum absolute atomic E-state index is 0.908. The predicted octanol–water partition coefficient (Wildman–Crippen LogP) is 0.442. The zero-order valence-corrected chi connectivity index (χ0v) is 6.92. The summed E-state index contributed by atoms with van der Waals surface area (Å²) in [4.78, 5) is 2.75. The van der Waals surface area contributed by atoms with Crippen molar-refractivity contribution in [3.63, 3.8) is 0 Å². The SMILES string of the molecule is C1CC2CC1CN2C1CNC1. The Kier molecular flexibility index (Phi) is 1.29. The molecule has 11 heavy (non-hydrogen) atoms. The lowest BCUT2D eigenvalue weighted by molar-refractivity contribution is 0.109. The van der Waals surface area contributed by atoms with Gasteiger partial charge < -0.3 is 5.32 Å². The first-order chi connectivity index (χ1) is 5.43. The quantitative estimate of drug-likeness (QED) is 0.586. The Bertz CT molecular complexity index is 165. The molecular formula is C9H16N2. The van der Waals surface area contributed by atoms with E-state index < -0.39 is 0 Å². The average molecular weight is 152 g/mol. The second-order valence-corrected chi connectivity index (χ2v) is 4.34. The van der Waals surface area contributed by atoms with Crippen LogP contribution in [-0.2, 0) is 0 Å². The van der Waals surface area contributed by atoms with E-state index in [1.54, 1.807) is 0 Å². The van der Waals surface area contributed by atoms with Crippen LogP contribution in [0, 0.1) is 5.92 Å². The standard InChI is InChI=1S/C9H16N2/c1-2-8-3-7(1)6-11(8)9-4-10-5-9/h7-10H,1-6H2. The Morgan fingerprint density at radius 2 is 2.00 bits per heavy atom. The topological polar surface area (TPSA) is 15.3 Å². The molecule has 2 saturated heterocycles. The molecule has 0 aromatic rings. The van der Waals surface area contributed by atoms with Gasteiger partial charge >= 0.3 is 0 Å². The normalized spacial score (nSPS) is 44.7. The van der Waals surface area contributed by atoms with Crippen molar-refractivity contribution in [1.29, 1.82) is 0 Å². The fourth-order valence-electron chi connectivity index (χ4n) is 2.92. The third-order valence-electron chi connectivity index (χ3n) is 3.68. The van der Waals surface area contributed by atoms with Crippen LogP contribution in [-0.4, -0.2) is 36.6 Å². The molecule has 3 rings (SSSR count). The summed E-state index contributed by atoms with van der Waals surface area (Å²) in [6.45, 7) is 3.92. The van der Waals surface area contributed by atoms with E-state index in [0.717, 1.165) is 18.0 Å². The molecule has 1 saturated carbocycles.